The lowest BCUT2D eigenvalue weighted by Gasteiger charge is -2.34. The van der Waals surface area contributed by atoms with Crippen LogP contribution in [0.5, 0.6) is 0 Å². The first kappa shape index (κ1) is 10.5. The molecule has 0 bridgehead atoms. The first-order valence-electron chi connectivity index (χ1n) is 5.71. The lowest BCUT2D eigenvalue weighted by Crippen LogP contribution is -2.49. The monoisotopic (exact) mass is 230 g/mol. The number of likely N-dealkylation sites (tertiary alicyclic amines) is 1. The number of aliphatic hydroxyl groups is 1. The van der Waals surface area contributed by atoms with E-state index in [9.17, 15) is 5.11 Å². The molecule has 1 saturated heterocycles. The molecular formula is C13H14N2O2. The topological polar surface area (TPSA) is 49.5 Å². The number of rotatable bonds is 3. The van der Waals surface area contributed by atoms with Crippen LogP contribution in [-0.4, -0.2) is 34.2 Å². The van der Waals surface area contributed by atoms with E-state index in [4.69, 9.17) is 4.42 Å². The van der Waals surface area contributed by atoms with Gasteiger partial charge in [-0.25, -0.2) is 4.98 Å². The molecule has 1 aliphatic rings. The molecule has 0 saturated carbocycles. The molecule has 1 aromatic carbocycles. The molecule has 4 nitrogen and oxygen atoms in total. The van der Waals surface area contributed by atoms with Gasteiger partial charge in [-0.2, -0.15) is 0 Å². The van der Waals surface area contributed by atoms with Gasteiger partial charge in [0.15, 0.2) is 0 Å². The predicted octanol–water partition coefficient (Wildman–Crippen LogP) is 1.52. The van der Waals surface area contributed by atoms with Crippen LogP contribution < -0.4 is 0 Å². The molecule has 0 aliphatic carbocycles. The van der Waals surface area contributed by atoms with Crippen LogP contribution in [0.1, 0.15) is 5.69 Å². The SMILES string of the molecule is OC1CN(Cc2coc(-c3ccccc3)n2)C1. The molecule has 0 atom stereocenters. The summed E-state index contributed by atoms with van der Waals surface area (Å²) in [5.74, 6) is 0.654. The number of nitrogens with zero attached hydrogens (tertiary/aromatic N) is 2. The van der Waals surface area contributed by atoms with Gasteiger partial charge in [0.25, 0.3) is 0 Å². The van der Waals surface area contributed by atoms with E-state index in [1.807, 2.05) is 30.3 Å². The Morgan fingerprint density at radius 2 is 2.06 bits per heavy atom. The highest BCUT2D eigenvalue weighted by Crippen LogP contribution is 2.19. The Morgan fingerprint density at radius 3 is 2.76 bits per heavy atom. The van der Waals surface area contributed by atoms with Crippen molar-refractivity contribution < 1.29 is 9.52 Å². The highest BCUT2D eigenvalue weighted by molar-refractivity contribution is 5.52. The first-order chi connectivity index (χ1) is 8.31. The summed E-state index contributed by atoms with van der Waals surface area (Å²) < 4.78 is 5.45. The van der Waals surface area contributed by atoms with Crippen molar-refractivity contribution in [3.63, 3.8) is 0 Å². The van der Waals surface area contributed by atoms with Gasteiger partial charge in [0.2, 0.25) is 5.89 Å². The van der Waals surface area contributed by atoms with Gasteiger partial charge < -0.3 is 9.52 Å². The largest absolute Gasteiger partial charge is 0.444 e. The number of β-amino-alcohol motifs (C(OH)–C–C–N with tert-alkyl or cyclic N) is 1. The summed E-state index contributed by atoms with van der Waals surface area (Å²) in [6, 6.07) is 9.84. The molecule has 0 unspecified atom stereocenters. The summed E-state index contributed by atoms with van der Waals surface area (Å²) >= 11 is 0. The summed E-state index contributed by atoms with van der Waals surface area (Å²) in [7, 11) is 0. The van der Waals surface area contributed by atoms with Crippen LogP contribution in [0.2, 0.25) is 0 Å². The molecule has 1 aromatic heterocycles. The van der Waals surface area contributed by atoms with E-state index < -0.39 is 0 Å². The van der Waals surface area contributed by atoms with Crippen molar-refractivity contribution in [2.45, 2.75) is 12.6 Å². The molecule has 1 aliphatic heterocycles. The zero-order valence-corrected chi connectivity index (χ0v) is 9.41. The van der Waals surface area contributed by atoms with Crippen LogP contribution in [-0.2, 0) is 6.54 Å². The molecule has 2 heterocycles. The van der Waals surface area contributed by atoms with E-state index in [-0.39, 0.29) is 6.10 Å². The van der Waals surface area contributed by atoms with Crippen LogP contribution in [0.15, 0.2) is 41.0 Å². The van der Waals surface area contributed by atoms with Gasteiger partial charge in [0, 0.05) is 25.2 Å². The van der Waals surface area contributed by atoms with Crippen molar-refractivity contribution in [1.82, 2.24) is 9.88 Å². The van der Waals surface area contributed by atoms with Gasteiger partial charge in [-0.05, 0) is 12.1 Å². The minimum absolute atomic E-state index is 0.171. The second kappa shape index (κ2) is 4.31. The van der Waals surface area contributed by atoms with E-state index in [2.05, 4.69) is 9.88 Å². The van der Waals surface area contributed by atoms with Crippen molar-refractivity contribution in [2.24, 2.45) is 0 Å². The Balaban J connectivity index is 1.70. The van der Waals surface area contributed by atoms with Crippen molar-refractivity contribution >= 4 is 0 Å². The maximum absolute atomic E-state index is 9.19. The molecule has 4 heteroatoms. The average Bonchev–Trinajstić information content (AvgIpc) is 2.77. The van der Waals surface area contributed by atoms with Crippen molar-refractivity contribution in [3.8, 4) is 11.5 Å². The third-order valence-electron chi connectivity index (χ3n) is 2.90. The van der Waals surface area contributed by atoms with Crippen molar-refractivity contribution in [1.29, 1.82) is 0 Å². The zero-order chi connectivity index (χ0) is 11.7. The molecule has 3 rings (SSSR count). The lowest BCUT2D eigenvalue weighted by molar-refractivity contribution is -0.00355. The number of aromatic nitrogens is 1. The van der Waals surface area contributed by atoms with E-state index in [0.29, 0.717) is 5.89 Å². The minimum atomic E-state index is -0.171. The Morgan fingerprint density at radius 1 is 1.29 bits per heavy atom. The van der Waals surface area contributed by atoms with Crippen LogP contribution in [0.4, 0.5) is 0 Å². The second-order valence-corrected chi connectivity index (χ2v) is 4.36. The summed E-state index contributed by atoms with van der Waals surface area (Å²) in [5.41, 5.74) is 1.90. The van der Waals surface area contributed by atoms with E-state index in [0.717, 1.165) is 30.9 Å². The fraction of sp³-hybridized carbons (Fsp3) is 0.308. The van der Waals surface area contributed by atoms with Crippen LogP contribution in [0, 0.1) is 0 Å². The predicted molar refractivity (Wildman–Crippen MR) is 63.2 cm³/mol. The van der Waals surface area contributed by atoms with Crippen LogP contribution in [0.25, 0.3) is 11.5 Å². The van der Waals surface area contributed by atoms with Crippen LogP contribution >= 0.6 is 0 Å². The Kier molecular flexibility index (Phi) is 2.66. The number of benzene rings is 1. The normalized spacial score (nSPS) is 17.0. The Labute approximate surface area is 99.5 Å². The van der Waals surface area contributed by atoms with E-state index in [1.165, 1.54) is 0 Å². The van der Waals surface area contributed by atoms with E-state index in [1.54, 1.807) is 6.26 Å². The van der Waals surface area contributed by atoms with Crippen LogP contribution in [0.3, 0.4) is 0 Å². The fourth-order valence-electron chi connectivity index (χ4n) is 1.99. The highest BCUT2D eigenvalue weighted by atomic mass is 16.3. The first-order valence-corrected chi connectivity index (χ1v) is 5.71. The van der Waals surface area contributed by atoms with E-state index >= 15 is 0 Å². The summed E-state index contributed by atoms with van der Waals surface area (Å²) in [4.78, 5) is 6.57. The number of hydrogen-bond donors (Lipinski definition) is 1. The molecule has 0 spiro atoms. The van der Waals surface area contributed by atoms with Gasteiger partial charge in [-0.15, -0.1) is 0 Å². The number of hydrogen-bond acceptors (Lipinski definition) is 4. The molecule has 1 fully saturated rings. The number of aliphatic hydroxyl groups excluding tert-OH is 1. The van der Waals surface area contributed by atoms with Gasteiger partial charge in [0.05, 0.1) is 11.8 Å². The third kappa shape index (κ3) is 2.23. The zero-order valence-electron chi connectivity index (χ0n) is 9.41. The minimum Gasteiger partial charge on any atom is -0.444 e. The number of oxazole rings is 1. The quantitative estimate of drug-likeness (QED) is 0.868. The third-order valence-corrected chi connectivity index (χ3v) is 2.90. The fourth-order valence-corrected chi connectivity index (χ4v) is 1.99. The maximum Gasteiger partial charge on any atom is 0.226 e. The molecule has 2 aromatic rings. The lowest BCUT2D eigenvalue weighted by atomic mass is 10.1. The molecule has 1 N–H and O–H groups in total. The second-order valence-electron chi connectivity index (χ2n) is 4.36. The van der Waals surface area contributed by atoms with Crippen molar-refractivity contribution in [3.05, 3.63) is 42.3 Å². The molecule has 88 valence electrons. The molecular weight excluding hydrogens is 216 g/mol. The standard InChI is InChI=1S/C13H14N2O2/c16-12-7-15(8-12)6-11-9-17-13(14-11)10-4-2-1-3-5-10/h1-5,9,12,16H,6-8H2. The summed E-state index contributed by atoms with van der Waals surface area (Å²) in [6.45, 7) is 2.20. The van der Waals surface area contributed by atoms with Crippen molar-refractivity contribution in [2.75, 3.05) is 13.1 Å². The smallest absolute Gasteiger partial charge is 0.226 e. The van der Waals surface area contributed by atoms with Gasteiger partial charge in [-0.1, -0.05) is 18.2 Å². The highest BCUT2D eigenvalue weighted by Gasteiger charge is 2.24. The Hall–Kier alpha value is -1.65. The molecule has 17 heavy (non-hydrogen) atoms. The molecule has 0 radical (unpaired) electrons. The van der Waals surface area contributed by atoms with Gasteiger partial charge in [0.1, 0.15) is 6.26 Å². The summed E-state index contributed by atoms with van der Waals surface area (Å²) in [5, 5.41) is 9.19. The molecule has 0 amide bonds. The summed E-state index contributed by atoms with van der Waals surface area (Å²) in [6.07, 6.45) is 1.52. The van der Waals surface area contributed by atoms with Gasteiger partial charge >= 0.3 is 0 Å². The Bertz CT molecular complexity index is 489. The average molecular weight is 230 g/mol. The maximum atomic E-state index is 9.19. The van der Waals surface area contributed by atoms with Gasteiger partial charge in [-0.3, -0.25) is 4.90 Å².